The van der Waals surface area contributed by atoms with Crippen molar-refractivity contribution >= 4 is 35.2 Å². The molecule has 0 unspecified atom stereocenters. The van der Waals surface area contributed by atoms with Gasteiger partial charge in [0.2, 0.25) is 0 Å². The minimum Gasteiger partial charge on any atom is -0.342 e. The van der Waals surface area contributed by atoms with Crippen molar-refractivity contribution < 1.29 is 9.59 Å². The van der Waals surface area contributed by atoms with Crippen molar-refractivity contribution in [3.8, 4) is 0 Å². The molecule has 5 rings (SSSR count). The molecule has 3 heterocycles. The number of pyridine rings is 1. The lowest BCUT2D eigenvalue weighted by Crippen LogP contribution is -2.20. The highest BCUT2D eigenvalue weighted by Gasteiger charge is 2.19. The van der Waals surface area contributed by atoms with Gasteiger partial charge in [0.1, 0.15) is 5.82 Å². The number of carbonyl (C=O) groups is 2. The van der Waals surface area contributed by atoms with Crippen molar-refractivity contribution in [3.05, 3.63) is 107 Å². The fourth-order valence-electron chi connectivity index (χ4n) is 3.78. The molecule has 33 heavy (non-hydrogen) atoms. The summed E-state index contributed by atoms with van der Waals surface area (Å²) in [6.45, 7) is 2.57. The topological polar surface area (TPSA) is 88.4 Å². The van der Waals surface area contributed by atoms with E-state index in [9.17, 15) is 9.59 Å². The predicted molar refractivity (Wildman–Crippen MR) is 129 cm³/mol. The molecule has 2 aromatic carbocycles. The van der Waals surface area contributed by atoms with E-state index in [-0.39, 0.29) is 5.78 Å². The van der Waals surface area contributed by atoms with E-state index in [1.165, 1.54) is 6.20 Å². The molecule has 1 aliphatic rings. The van der Waals surface area contributed by atoms with Crippen LogP contribution >= 0.6 is 0 Å². The summed E-state index contributed by atoms with van der Waals surface area (Å²) in [5.74, 6) is 0.204. The Bertz CT molecular complexity index is 1390. The van der Waals surface area contributed by atoms with Gasteiger partial charge in [0.15, 0.2) is 5.78 Å². The summed E-state index contributed by atoms with van der Waals surface area (Å²) >= 11 is 0. The number of aliphatic imine (C=N–C) groups is 1. The van der Waals surface area contributed by atoms with Crippen LogP contribution in [0.1, 0.15) is 32.7 Å². The Morgan fingerprint density at radius 1 is 0.939 bits per heavy atom. The van der Waals surface area contributed by atoms with Crippen LogP contribution < -0.4 is 10.6 Å². The number of nitrogens with one attached hydrogen (secondary N) is 2. The number of urea groups is 1. The highest BCUT2D eigenvalue weighted by atomic mass is 16.2. The normalized spacial score (nSPS) is 11.8. The number of fused-ring (bicyclic) bond motifs is 2. The average molecular weight is 435 g/mol. The zero-order chi connectivity index (χ0) is 22.8. The third-order valence-corrected chi connectivity index (χ3v) is 5.57. The Balaban J connectivity index is 1.31. The maximum absolute atomic E-state index is 13.2. The number of ketones is 1. The average Bonchev–Trinajstić information content (AvgIpc) is 3.12. The zero-order valence-corrected chi connectivity index (χ0v) is 17.9. The van der Waals surface area contributed by atoms with Crippen LogP contribution in [0.2, 0.25) is 0 Å². The Hall–Kier alpha value is -4.52. The maximum atomic E-state index is 13.2. The van der Waals surface area contributed by atoms with Gasteiger partial charge < -0.3 is 9.88 Å². The lowest BCUT2D eigenvalue weighted by molar-refractivity contribution is 0.103. The van der Waals surface area contributed by atoms with Crippen LogP contribution in [-0.4, -0.2) is 27.6 Å². The van der Waals surface area contributed by atoms with Crippen molar-refractivity contribution in [2.45, 2.75) is 13.5 Å². The Labute approximate surface area is 190 Å². The summed E-state index contributed by atoms with van der Waals surface area (Å²) in [6.07, 6.45) is 5.10. The first-order valence-electron chi connectivity index (χ1n) is 10.5. The van der Waals surface area contributed by atoms with E-state index in [0.29, 0.717) is 23.5 Å². The summed E-state index contributed by atoms with van der Waals surface area (Å²) in [6, 6.07) is 20.1. The first-order valence-corrected chi connectivity index (χ1v) is 10.5. The molecule has 0 radical (unpaired) electrons. The van der Waals surface area contributed by atoms with Gasteiger partial charge in [-0.2, -0.15) is 0 Å². The van der Waals surface area contributed by atoms with Crippen molar-refractivity contribution in [2.75, 3.05) is 10.6 Å². The van der Waals surface area contributed by atoms with E-state index < -0.39 is 6.03 Å². The molecule has 0 fully saturated rings. The van der Waals surface area contributed by atoms with Crippen LogP contribution in [0.25, 0.3) is 0 Å². The molecule has 7 heteroatoms. The third kappa shape index (κ3) is 4.16. The molecule has 2 N–H and O–H groups in total. The summed E-state index contributed by atoms with van der Waals surface area (Å²) in [4.78, 5) is 34.2. The standard InChI is InChI=1S/C26H21N5O2/c1-17-6-2-4-8-21(17)29-26(33)30-24-11-10-18(14-28-24)25(32)20-12-13-31-16-19-7-3-5-9-22(19)27-15-23(20)31/h2-15H,16H2,1H3,(H2,28,29,30,33). The Kier molecular flexibility index (Phi) is 5.28. The van der Waals surface area contributed by atoms with Crippen molar-refractivity contribution in [2.24, 2.45) is 4.99 Å². The molecule has 0 bridgehead atoms. The number of aromatic nitrogens is 2. The van der Waals surface area contributed by atoms with Crippen LogP contribution in [0, 0.1) is 6.92 Å². The molecule has 0 saturated carbocycles. The second-order valence-corrected chi connectivity index (χ2v) is 7.78. The van der Waals surface area contributed by atoms with E-state index in [2.05, 4.69) is 20.6 Å². The number of hydrogen-bond donors (Lipinski definition) is 2. The Morgan fingerprint density at radius 2 is 1.76 bits per heavy atom. The van der Waals surface area contributed by atoms with E-state index in [1.807, 2.05) is 66.2 Å². The van der Waals surface area contributed by atoms with Gasteiger partial charge in [-0.15, -0.1) is 0 Å². The van der Waals surface area contributed by atoms with Crippen LogP contribution in [0.3, 0.4) is 0 Å². The van der Waals surface area contributed by atoms with Crippen molar-refractivity contribution in [3.63, 3.8) is 0 Å². The molecule has 2 amide bonds. The molecular weight excluding hydrogens is 414 g/mol. The molecule has 7 nitrogen and oxygen atoms in total. The number of para-hydroxylation sites is 2. The highest BCUT2D eigenvalue weighted by Crippen LogP contribution is 2.25. The van der Waals surface area contributed by atoms with Crippen molar-refractivity contribution in [1.82, 2.24) is 9.55 Å². The Morgan fingerprint density at radius 3 is 2.58 bits per heavy atom. The van der Waals surface area contributed by atoms with Crippen LogP contribution in [0.15, 0.2) is 84.1 Å². The van der Waals surface area contributed by atoms with Gasteiger partial charge in [0.05, 0.1) is 17.6 Å². The lowest BCUT2D eigenvalue weighted by Gasteiger charge is -2.09. The molecule has 0 aliphatic carbocycles. The molecule has 2 aromatic heterocycles. The molecule has 0 saturated heterocycles. The quantitative estimate of drug-likeness (QED) is 0.381. The number of carbonyl (C=O) groups excluding carboxylic acids is 2. The summed E-state index contributed by atoms with van der Waals surface area (Å²) in [7, 11) is 0. The fraction of sp³-hybridized carbons (Fsp3) is 0.0769. The van der Waals surface area contributed by atoms with Crippen LogP contribution in [-0.2, 0) is 6.54 Å². The molecule has 4 aromatic rings. The van der Waals surface area contributed by atoms with E-state index in [0.717, 1.165) is 28.2 Å². The highest BCUT2D eigenvalue weighted by molar-refractivity contribution is 6.13. The fourth-order valence-corrected chi connectivity index (χ4v) is 3.78. The minimum atomic E-state index is -0.399. The van der Waals surface area contributed by atoms with Crippen LogP contribution in [0.5, 0.6) is 0 Å². The minimum absolute atomic E-state index is 0.149. The molecular formula is C26H21N5O2. The number of amides is 2. The van der Waals surface area contributed by atoms with E-state index in [4.69, 9.17) is 0 Å². The summed E-state index contributed by atoms with van der Waals surface area (Å²) in [5, 5.41) is 5.48. The predicted octanol–water partition coefficient (Wildman–Crippen LogP) is 5.18. The van der Waals surface area contributed by atoms with Gasteiger partial charge in [-0.05, 0) is 48.4 Å². The smallest absolute Gasteiger partial charge is 0.324 e. The van der Waals surface area contributed by atoms with E-state index >= 15 is 0 Å². The number of hydrogen-bond acceptors (Lipinski definition) is 4. The largest absolute Gasteiger partial charge is 0.342 e. The first-order chi connectivity index (χ1) is 16.1. The van der Waals surface area contributed by atoms with Gasteiger partial charge in [0, 0.05) is 35.8 Å². The van der Waals surface area contributed by atoms with Crippen LogP contribution in [0.4, 0.5) is 22.0 Å². The van der Waals surface area contributed by atoms with Gasteiger partial charge in [-0.25, -0.2) is 9.78 Å². The number of anilines is 2. The number of rotatable bonds is 4. The monoisotopic (exact) mass is 435 g/mol. The third-order valence-electron chi connectivity index (χ3n) is 5.57. The van der Waals surface area contributed by atoms with Gasteiger partial charge in [-0.3, -0.25) is 15.1 Å². The van der Waals surface area contributed by atoms with Gasteiger partial charge >= 0.3 is 6.03 Å². The van der Waals surface area contributed by atoms with Crippen molar-refractivity contribution in [1.29, 1.82) is 0 Å². The van der Waals surface area contributed by atoms with E-state index in [1.54, 1.807) is 24.4 Å². The maximum Gasteiger partial charge on any atom is 0.324 e. The van der Waals surface area contributed by atoms with Gasteiger partial charge in [0.25, 0.3) is 0 Å². The summed E-state index contributed by atoms with van der Waals surface area (Å²) in [5.41, 5.74) is 5.44. The number of aryl methyl sites for hydroxylation is 1. The SMILES string of the molecule is Cc1ccccc1NC(=O)Nc1ccc(C(=O)c2ccn3c2C=Nc2ccccc2C3)cn1. The second-order valence-electron chi connectivity index (χ2n) is 7.78. The molecule has 0 spiro atoms. The molecule has 162 valence electrons. The second kappa shape index (κ2) is 8.55. The number of nitrogens with zero attached hydrogens (tertiary/aromatic N) is 3. The molecule has 0 atom stereocenters. The lowest BCUT2D eigenvalue weighted by atomic mass is 10.1. The first kappa shape index (κ1) is 20.4. The summed E-state index contributed by atoms with van der Waals surface area (Å²) < 4.78 is 2.02. The van der Waals surface area contributed by atoms with Gasteiger partial charge in [-0.1, -0.05) is 36.4 Å². The molecule has 1 aliphatic heterocycles. The number of benzene rings is 2. The zero-order valence-electron chi connectivity index (χ0n) is 17.9.